The summed E-state index contributed by atoms with van der Waals surface area (Å²) in [7, 11) is -3.84. The first-order valence-electron chi connectivity index (χ1n) is 6.18. The summed E-state index contributed by atoms with van der Waals surface area (Å²) >= 11 is 0. The Bertz CT molecular complexity index is 740. The zero-order valence-corrected chi connectivity index (χ0v) is 11.7. The standard InChI is InChI=1S/C14H15NO4S/c1-2-13(14(16)17)15-20(18,19)12-8-7-10-5-3-4-6-11(10)9-12/h3-9,13,15H,2H2,1H3,(H,16,17)/t13-/m0/s1. The summed E-state index contributed by atoms with van der Waals surface area (Å²) in [4.78, 5) is 11.0. The van der Waals surface area contributed by atoms with Crippen LogP contribution in [-0.4, -0.2) is 25.5 Å². The number of carboxylic acid groups (broad SMARTS) is 1. The molecule has 2 N–H and O–H groups in total. The molecule has 0 aliphatic heterocycles. The van der Waals surface area contributed by atoms with Crippen molar-refractivity contribution in [2.24, 2.45) is 0 Å². The van der Waals surface area contributed by atoms with E-state index in [2.05, 4.69) is 4.72 Å². The third-order valence-corrected chi connectivity index (χ3v) is 4.50. The van der Waals surface area contributed by atoms with Crippen LogP contribution in [0.2, 0.25) is 0 Å². The molecule has 2 aromatic rings. The maximum Gasteiger partial charge on any atom is 0.321 e. The highest BCUT2D eigenvalue weighted by Crippen LogP contribution is 2.19. The van der Waals surface area contributed by atoms with Crippen LogP contribution in [0.5, 0.6) is 0 Å². The van der Waals surface area contributed by atoms with Crippen molar-refractivity contribution in [1.29, 1.82) is 0 Å². The van der Waals surface area contributed by atoms with E-state index in [4.69, 9.17) is 5.11 Å². The number of aliphatic carboxylic acids is 1. The summed E-state index contributed by atoms with van der Waals surface area (Å²) in [5.41, 5.74) is 0. The highest BCUT2D eigenvalue weighted by atomic mass is 32.2. The van der Waals surface area contributed by atoms with Crippen LogP contribution in [0.15, 0.2) is 47.4 Å². The number of hydrogen-bond acceptors (Lipinski definition) is 3. The number of fused-ring (bicyclic) bond motifs is 1. The normalized spacial score (nSPS) is 13.2. The van der Waals surface area contributed by atoms with Gasteiger partial charge in [-0.1, -0.05) is 37.3 Å². The van der Waals surface area contributed by atoms with E-state index >= 15 is 0 Å². The number of benzene rings is 2. The van der Waals surface area contributed by atoms with E-state index in [0.717, 1.165) is 10.8 Å². The van der Waals surface area contributed by atoms with Gasteiger partial charge in [0.15, 0.2) is 0 Å². The van der Waals surface area contributed by atoms with Gasteiger partial charge in [-0.15, -0.1) is 0 Å². The Labute approximate surface area is 117 Å². The molecule has 0 amide bonds. The van der Waals surface area contributed by atoms with E-state index in [-0.39, 0.29) is 11.3 Å². The van der Waals surface area contributed by atoms with Crippen LogP contribution in [-0.2, 0) is 14.8 Å². The van der Waals surface area contributed by atoms with E-state index in [9.17, 15) is 13.2 Å². The zero-order valence-electron chi connectivity index (χ0n) is 10.9. The largest absolute Gasteiger partial charge is 0.480 e. The molecule has 0 saturated carbocycles. The molecule has 0 aliphatic rings. The second kappa shape index (κ2) is 5.60. The van der Waals surface area contributed by atoms with E-state index in [1.165, 1.54) is 12.1 Å². The molecule has 0 bridgehead atoms. The first-order chi connectivity index (χ1) is 9.44. The van der Waals surface area contributed by atoms with Crippen molar-refractivity contribution in [2.75, 3.05) is 0 Å². The molecule has 6 heteroatoms. The third kappa shape index (κ3) is 2.97. The summed E-state index contributed by atoms with van der Waals surface area (Å²) in [5, 5.41) is 10.6. The van der Waals surface area contributed by atoms with Crippen molar-refractivity contribution in [3.05, 3.63) is 42.5 Å². The average Bonchev–Trinajstić information content (AvgIpc) is 2.44. The summed E-state index contributed by atoms with van der Waals surface area (Å²) < 4.78 is 26.5. The van der Waals surface area contributed by atoms with E-state index < -0.39 is 22.0 Å². The number of rotatable bonds is 5. The molecule has 0 aliphatic carbocycles. The smallest absolute Gasteiger partial charge is 0.321 e. The minimum atomic E-state index is -3.84. The van der Waals surface area contributed by atoms with Gasteiger partial charge in [-0.25, -0.2) is 8.42 Å². The molecule has 0 radical (unpaired) electrons. The second-order valence-electron chi connectivity index (χ2n) is 4.43. The first kappa shape index (κ1) is 14.5. The number of carbonyl (C=O) groups is 1. The average molecular weight is 293 g/mol. The van der Waals surface area contributed by atoms with E-state index in [1.807, 2.05) is 24.3 Å². The molecule has 2 aromatic carbocycles. The van der Waals surface area contributed by atoms with E-state index in [0.29, 0.717) is 0 Å². The van der Waals surface area contributed by atoms with Crippen molar-refractivity contribution < 1.29 is 18.3 Å². The third-order valence-electron chi connectivity index (χ3n) is 3.03. The van der Waals surface area contributed by atoms with Gasteiger partial charge in [0.05, 0.1) is 4.90 Å². The SMILES string of the molecule is CC[C@H](NS(=O)(=O)c1ccc2ccccc2c1)C(=O)O. The molecular formula is C14H15NO4S. The van der Waals surface area contributed by atoms with Crippen LogP contribution in [0, 0.1) is 0 Å². The highest BCUT2D eigenvalue weighted by molar-refractivity contribution is 7.89. The van der Waals surface area contributed by atoms with E-state index in [1.54, 1.807) is 13.0 Å². The predicted molar refractivity (Wildman–Crippen MR) is 76.0 cm³/mol. The number of sulfonamides is 1. The fourth-order valence-electron chi connectivity index (χ4n) is 1.90. The monoisotopic (exact) mass is 293 g/mol. The van der Waals surface area contributed by atoms with Crippen LogP contribution < -0.4 is 4.72 Å². The van der Waals surface area contributed by atoms with Crippen LogP contribution >= 0.6 is 0 Å². The fraction of sp³-hybridized carbons (Fsp3) is 0.214. The van der Waals surface area contributed by atoms with Crippen molar-refractivity contribution in [1.82, 2.24) is 4.72 Å². The fourth-order valence-corrected chi connectivity index (χ4v) is 3.21. The summed E-state index contributed by atoms with van der Waals surface area (Å²) in [6.45, 7) is 1.61. The molecule has 1 atom stereocenters. The first-order valence-corrected chi connectivity index (χ1v) is 7.66. The van der Waals surface area contributed by atoms with Crippen molar-refractivity contribution in [2.45, 2.75) is 24.3 Å². The Kier molecular flexibility index (Phi) is 4.06. The van der Waals surface area contributed by atoms with Crippen LogP contribution in [0.25, 0.3) is 10.8 Å². The van der Waals surface area contributed by atoms with Gasteiger partial charge in [0.2, 0.25) is 10.0 Å². The lowest BCUT2D eigenvalue weighted by Gasteiger charge is -2.13. The Morgan fingerprint density at radius 1 is 1.20 bits per heavy atom. The molecule has 5 nitrogen and oxygen atoms in total. The molecule has 0 heterocycles. The quantitative estimate of drug-likeness (QED) is 0.883. The molecule has 0 spiro atoms. The lowest BCUT2D eigenvalue weighted by Crippen LogP contribution is -2.40. The van der Waals surface area contributed by atoms with Gasteiger partial charge in [0.25, 0.3) is 0 Å². The van der Waals surface area contributed by atoms with Gasteiger partial charge in [0, 0.05) is 0 Å². The molecule has 20 heavy (non-hydrogen) atoms. The second-order valence-corrected chi connectivity index (χ2v) is 6.14. The van der Waals surface area contributed by atoms with Gasteiger partial charge in [-0.05, 0) is 29.3 Å². The topological polar surface area (TPSA) is 83.5 Å². The van der Waals surface area contributed by atoms with Crippen molar-refractivity contribution in [3.63, 3.8) is 0 Å². The van der Waals surface area contributed by atoms with Crippen molar-refractivity contribution in [3.8, 4) is 0 Å². The minimum absolute atomic E-state index is 0.0656. The maximum atomic E-state index is 12.2. The Balaban J connectivity index is 2.38. The Morgan fingerprint density at radius 3 is 2.45 bits per heavy atom. The summed E-state index contributed by atoms with van der Waals surface area (Å²) in [6, 6.07) is 11.0. The zero-order chi connectivity index (χ0) is 14.8. The summed E-state index contributed by atoms with van der Waals surface area (Å²) in [5.74, 6) is -1.18. The Hall–Kier alpha value is -1.92. The van der Waals surface area contributed by atoms with Gasteiger partial charge in [-0.3, -0.25) is 4.79 Å². The van der Waals surface area contributed by atoms with Crippen LogP contribution in [0.4, 0.5) is 0 Å². The molecule has 2 rings (SSSR count). The lowest BCUT2D eigenvalue weighted by atomic mass is 10.1. The molecule has 0 unspecified atom stereocenters. The van der Waals surface area contributed by atoms with Gasteiger partial charge < -0.3 is 5.11 Å². The van der Waals surface area contributed by atoms with Gasteiger partial charge >= 0.3 is 5.97 Å². The molecule has 106 valence electrons. The highest BCUT2D eigenvalue weighted by Gasteiger charge is 2.23. The van der Waals surface area contributed by atoms with Crippen LogP contribution in [0.1, 0.15) is 13.3 Å². The lowest BCUT2D eigenvalue weighted by molar-refractivity contribution is -0.139. The minimum Gasteiger partial charge on any atom is -0.480 e. The summed E-state index contributed by atoms with van der Waals surface area (Å²) in [6.07, 6.45) is 0.183. The predicted octanol–water partition coefficient (Wildman–Crippen LogP) is 1.98. The number of hydrogen-bond donors (Lipinski definition) is 2. The molecule has 0 saturated heterocycles. The number of nitrogens with one attached hydrogen (secondary N) is 1. The molecule has 0 aromatic heterocycles. The van der Waals surface area contributed by atoms with Crippen LogP contribution in [0.3, 0.4) is 0 Å². The van der Waals surface area contributed by atoms with Gasteiger partial charge in [-0.2, -0.15) is 4.72 Å². The molecular weight excluding hydrogens is 278 g/mol. The maximum absolute atomic E-state index is 12.2. The Morgan fingerprint density at radius 2 is 1.85 bits per heavy atom. The molecule has 0 fully saturated rings. The van der Waals surface area contributed by atoms with Gasteiger partial charge in [0.1, 0.15) is 6.04 Å². The van der Waals surface area contributed by atoms with Crippen molar-refractivity contribution >= 4 is 26.8 Å². The number of carboxylic acids is 1.